The van der Waals surface area contributed by atoms with Crippen molar-refractivity contribution in [1.29, 1.82) is 0 Å². The van der Waals surface area contributed by atoms with Crippen LogP contribution in [0.15, 0.2) is 0 Å². The molecule has 0 atom stereocenters. The zero-order valence-electron chi connectivity index (χ0n) is 13.6. The van der Waals surface area contributed by atoms with Gasteiger partial charge >= 0.3 is 10.4 Å². The molecule has 7 nitrogen and oxygen atoms in total. The van der Waals surface area contributed by atoms with E-state index in [1.165, 1.54) is 0 Å². The Morgan fingerprint density at radius 3 is 2.24 bits per heavy atom. The molecule has 0 rings (SSSR count). The quantitative estimate of drug-likeness (QED) is 0.421. The van der Waals surface area contributed by atoms with Gasteiger partial charge in [0.1, 0.15) is 0 Å². The molecule has 1 amide bonds. The summed E-state index contributed by atoms with van der Waals surface area (Å²) in [6.07, 6.45) is 1.10. The fraction of sp³-hybridized carbons (Fsp3) is 0.923. The molecule has 0 saturated heterocycles. The molecule has 0 aromatic heterocycles. The number of likely N-dealkylation sites (N-methyl/N-ethyl adjacent to an activating group) is 1. The fourth-order valence-corrected chi connectivity index (χ4v) is 2.55. The van der Waals surface area contributed by atoms with E-state index >= 15 is 0 Å². The molecule has 0 aliphatic rings. The number of hydrogen-bond donors (Lipinski definition) is 1. The number of carbonyl (C=O) groups excluding carboxylic acids is 1. The molecular weight excluding hydrogens is 296 g/mol. The van der Waals surface area contributed by atoms with Gasteiger partial charge in [-0.3, -0.25) is 8.98 Å². The summed E-state index contributed by atoms with van der Waals surface area (Å²) in [5.74, 6) is 0.0508. The lowest BCUT2D eigenvalue weighted by molar-refractivity contribution is -0.924. The van der Waals surface area contributed by atoms with Crippen molar-refractivity contribution in [1.82, 2.24) is 5.32 Å². The highest BCUT2D eigenvalue weighted by Crippen LogP contribution is 2.08. The van der Waals surface area contributed by atoms with E-state index in [0.29, 0.717) is 19.4 Å². The molecule has 21 heavy (non-hydrogen) atoms. The van der Waals surface area contributed by atoms with E-state index in [2.05, 4.69) is 23.3 Å². The molecule has 0 aliphatic carbocycles. The van der Waals surface area contributed by atoms with Crippen molar-refractivity contribution in [2.75, 3.05) is 46.4 Å². The van der Waals surface area contributed by atoms with Crippen LogP contribution in [0.5, 0.6) is 0 Å². The molecule has 0 spiro atoms. The molecular formula is C13H29N2O5S+. The van der Waals surface area contributed by atoms with Gasteiger partial charge in [-0.2, -0.15) is 8.42 Å². The second kappa shape index (κ2) is 10.1. The molecule has 1 N–H and O–H groups in total. The Hall–Kier alpha value is -0.700. The Bertz CT molecular complexity index is 393. The molecule has 0 radical (unpaired) electrons. The van der Waals surface area contributed by atoms with Crippen LogP contribution in [0.1, 0.15) is 33.6 Å². The molecule has 0 bridgehead atoms. The van der Waals surface area contributed by atoms with E-state index in [-0.39, 0.29) is 12.5 Å². The van der Waals surface area contributed by atoms with Gasteiger partial charge in [0.15, 0.2) is 0 Å². The third-order valence-electron chi connectivity index (χ3n) is 3.78. The topological polar surface area (TPSA) is 81.7 Å². The Morgan fingerprint density at radius 1 is 1.14 bits per heavy atom. The number of amides is 1. The molecule has 8 heteroatoms. The van der Waals surface area contributed by atoms with Crippen molar-refractivity contribution in [3.63, 3.8) is 0 Å². The third-order valence-corrected chi connectivity index (χ3v) is 4.64. The molecule has 0 aromatic carbocycles. The van der Waals surface area contributed by atoms with E-state index in [4.69, 9.17) is 4.18 Å². The molecule has 0 heterocycles. The van der Waals surface area contributed by atoms with Crippen LogP contribution in [0, 0.1) is 0 Å². The van der Waals surface area contributed by atoms with Crippen LogP contribution in [0.3, 0.4) is 0 Å². The first-order chi connectivity index (χ1) is 9.84. The smallest absolute Gasteiger partial charge is 0.350 e. The SMILES string of the molecule is CCC(=O)NCC[N+](CC)(CC)CCCOS(=O)(=O)OC. The Labute approximate surface area is 128 Å². The lowest BCUT2D eigenvalue weighted by Crippen LogP contribution is -2.52. The summed E-state index contributed by atoms with van der Waals surface area (Å²) in [6, 6.07) is 0. The van der Waals surface area contributed by atoms with Crippen LogP contribution < -0.4 is 5.32 Å². The average molecular weight is 325 g/mol. The molecule has 0 saturated carbocycles. The first-order valence-electron chi connectivity index (χ1n) is 7.41. The Morgan fingerprint density at radius 2 is 1.76 bits per heavy atom. The van der Waals surface area contributed by atoms with Crippen LogP contribution >= 0.6 is 0 Å². The highest BCUT2D eigenvalue weighted by Gasteiger charge is 2.23. The summed E-state index contributed by atoms with van der Waals surface area (Å²) in [6.45, 7) is 10.2. The average Bonchev–Trinajstić information content (AvgIpc) is 2.49. The number of carbonyl (C=O) groups is 1. The van der Waals surface area contributed by atoms with E-state index in [0.717, 1.165) is 37.8 Å². The molecule has 0 aromatic rings. The van der Waals surface area contributed by atoms with Gasteiger partial charge in [0.25, 0.3) is 0 Å². The zero-order valence-corrected chi connectivity index (χ0v) is 14.4. The van der Waals surface area contributed by atoms with E-state index in [1.54, 1.807) is 0 Å². The van der Waals surface area contributed by atoms with Gasteiger partial charge in [0, 0.05) is 12.8 Å². The highest BCUT2D eigenvalue weighted by atomic mass is 32.3. The molecule has 126 valence electrons. The monoisotopic (exact) mass is 325 g/mol. The minimum absolute atomic E-state index is 0.0508. The number of hydrogen-bond acceptors (Lipinski definition) is 5. The largest absolute Gasteiger partial charge is 0.399 e. The van der Waals surface area contributed by atoms with Crippen molar-refractivity contribution in [2.45, 2.75) is 33.6 Å². The van der Waals surface area contributed by atoms with E-state index in [9.17, 15) is 13.2 Å². The van der Waals surface area contributed by atoms with Gasteiger partial charge in [0.05, 0.1) is 46.4 Å². The second-order valence-corrected chi connectivity index (χ2v) is 6.26. The maximum atomic E-state index is 11.3. The van der Waals surface area contributed by atoms with Crippen LogP contribution in [-0.4, -0.2) is 65.2 Å². The van der Waals surface area contributed by atoms with Gasteiger partial charge in [0.2, 0.25) is 5.91 Å². The zero-order chi connectivity index (χ0) is 16.4. The first-order valence-corrected chi connectivity index (χ1v) is 8.74. The number of rotatable bonds is 12. The van der Waals surface area contributed by atoms with E-state index in [1.807, 2.05) is 6.92 Å². The summed E-state index contributed by atoms with van der Waals surface area (Å²) < 4.78 is 31.8. The van der Waals surface area contributed by atoms with Gasteiger partial charge in [-0.05, 0) is 13.8 Å². The third kappa shape index (κ3) is 8.35. The van der Waals surface area contributed by atoms with Crippen molar-refractivity contribution < 1.29 is 26.1 Å². The second-order valence-electron chi connectivity index (χ2n) is 4.88. The van der Waals surface area contributed by atoms with Crippen LogP contribution in [0.4, 0.5) is 0 Å². The van der Waals surface area contributed by atoms with Crippen molar-refractivity contribution in [2.24, 2.45) is 0 Å². The minimum Gasteiger partial charge on any atom is -0.350 e. The summed E-state index contributed by atoms with van der Waals surface area (Å²) in [4.78, 5) is 11.3. The number of nitrogens with zero attached hydrogens (tertiary/aromatic N) is 1. The summed E-state index contributed by atoms with van der Waals surface area (Å²) in [5, 5.41) is 2.88. The summed E-state index contributed by atoms with van der Waals surface area (Å²) in [7, 11) is -2.77. The molecule has 0 fully saturated rings. The maximum Gasteiger partial charge on any atom is 0.399 e. The van der Waals surface area contributed by atoms with Crippen LogP contribution in [0.2, 0.25) is 0 Å². The van der Waals surface area contributed by atoms with Crippen LogP contribution in [0.25, 0.3) is 0 Å². The molecule has 0 unspecified atom stereocenters. The van der Waals surface area contributed by atoms with Gasteiger partial charge < -0.3 is 9.80 Å². The Balaban J connectivity index is 4.24. The predicted molar refractivity (Wildman–Crippen MR) is 80.9 cm³/mol. The fourth-order valence-electron chi connectivity index (χ4n) is 2.13. The summed E-state index contributed by atoms with van der Waals surface area (Å²) in [5.41, 5.74) is 0. The van der Waals surface area contributed by atoms with Crippen molar-refractivity contribution in [3.8, 4) is 0 Å². The van der Waals surface area contributed by atoms with Gasteiger partial charge in [-0.25, -0.2) is 4.18 Å². The van der Waals surface area contributed by atoms with Gasteiger partial charge in [-0.15, -0.1) is 0 Å². The normalized spacial score (nSPS) is 12.4. The minimum atomic E-state index is -3.85. The van der Waals surface area contributed by atoms with Gasteiger partial charge in [-0.1, -0.05) is 6.92 Å². The summed E-state index contributed by atoms with van der Waals surface area (Å²) >= 11 is 0. The number of nitrogens with one attached hydrogen (secondary N) is 1. The lowest BCUT2D eigenvalue weighted by Gasteiger charge is -2.37. The predicted octanol–water partition coefficient (Wildman–Crippen LogP) is 0.667. The standard InChI is InChI=1S/C13H28N2O5S/c1-5-13(16)14-9-11-15(6-2,7-3)10-8-12-20-21(17,18)19-4/h5-12H2,1-4H3/p+1. The lowest BCUT2D eigenvalue weighted by atomic mass is 10.2. The number of quaternary nitrogens is 1. The highest BCUT2D eigenvalue weighted by molar-refractivity contribution is 7.81. The maximum absolute atomic E-state index is 11.3. The van der Waals surface area contributed by atoms with Crippen LogP contribution in [-0.2, 0) is 23.6 Å². The first kappa shape index (κ1) is 20.3. The van der Waals surface area contributed by atoms with Crippen molar-refractivity contribution in [3.05, 3.63) is 0 Å². The molecule has 0 aliphatic heterocycles. The van der Waals surface area contributed by atoms with E-state index < -0.39 is 10.4 Å². The van der Waals surface area contributed by atoms with Crippen molar-refractivity contribution >= 4 is 16.3 Å². The Kier molecular flexibility index (Phi) is 9.76.